The fourth-order valence-electron chi connectivity index (χ4n) is 2.98. The van der Waals surface area contributed by atoms with Crippen LogP contribution in [-0.4, -0.2) is 45.9 Å². The zero-order chi connectivity index (χ0) is 23.7. The van der Waals surface area contributed by atoms with Crippen LogP contribution in [0.5, 0.6) is 23.0 Å². The average molecular weight is 446 g/mol. The van der Waals surface area contributed by atoms with Gasteiger partial charge in [0.1, 0.15) is 34.2 Å². The van der Waals surface area contributed by atoms with Gasteiger partial charge in [-0.1, -0.05) is 18.9 Å². The van der Waals surface area contributed by atoms with Crippen LogP contribution < -0.4 is 10.1 Å². The third kappa shape index (κ3) is 7.68. The number of carbonyl (C=O) groups is 2. The lowest BCUT2D eigenvalue weighted by Crippen LogP contribution is -2.32. The number of aromatic hydroxyl groups is 3. The van der Waals surface area contributed by atoms with E-state index in [9.17, 15) is 24.9 Å². The van der Waals surface area contributed by atoms with Crippen molar-refractivity contribution in [2.24, 2.45) is 0 Å². The van der Waals surface area contributed by atoms with Crippen LogP contribution in [0.15, 0.2) is 36.4 Å². The Hall–Kier alpha value is -3.42. The van der Waals surface area contributed by atoms with E-state index >= 15 is 0 Å². The second-order valence-electron chi connectivity index (χ2n) is 8.37. The molecule has 0 aliphatic carbocycles. The molecule has 0 bridgehead atoms. The summed E-state index contributed by atoms with van der Waals surface area (Å²) in [5.41, 5.74) is -0.615. The molecule has 2 rings (SSSR count). The molecule has 0 unspecified atom stereocenters. The van der Waals surface area contributed by atoms with E-state index in [4.69, 9.17) is 9.47 Å². The van der Waals surface area contributed by atoms with Gasteiger partial charge in [-0.15, -0.1) is 0 Å². The third-order valence-corrected chi connectivity index (χ3v) is 4.45. The zero-order valence-corrected chi connectivity index (χ0v) is 18.7. The number of alkyl carbamates (subject to hydrolysis) is 1. The highest BCUT2D eigenvalue weighted by atomic mass is 16.6. The van der Waals surface area contributed by atoms with Gasteiger partial charge in [-0.2, -0.15) is 0 Å². The molecule has 2 aromatic rings. The van der Waals surface area contributed by atoms with Gasteiger partial charge >= 0.3 is 6.09 Å². The summed E-state index contributed by atoms with van der Waals surface area (Å²) >= 11 is 0. The van der Waals surface area contributed by atoms with Crippen molar-refractivity contribution in [3.05, 3.63) is 47.5 Å². The molecular formula is C24H31NO7. The van der Waals surface area contributed by atoms with E-state index in [0.717, 1.165) is 31.7 Å². The SMILES string of the molecule is CC(C)(C)OC(=O)NCCCCCCOc1cccc(O)c1C(=O)c1ccc(O)cc1O. The summed E-state index contributed by atoms with van der Waals surface area (Å²) < 4.78 is 10.9. The molecule has 0 aliphatic heterocycles. The number of rotatable bonds is 10. The van der Waals surface area contributed by atoms with Crippen molar-refractivity contribution >= 4 is 11.9 Å². The molecule has 174 valence electrons. The first-order valence-electron chi connectivity index (χ1n) is 10.6. The van der Waals surface area contributed by atoms with Gasteiger partial charge in [0, 0.05) is 12.6 Å². The third-order valence-electron chi connectivity index (χ3n) is 4.45. The van der Waals surface area contributed by atoms with Crippen LogP contribution in [-0.2, 0) is 4.74 Å². The molecule has 0 heterocycles. The van der Waals surface area contributed by atoms with Crippen LogP contribution in [0.1, 0.15) is 62.4 Å². The molecule has 0 radical (unpaired) electrons. The van der Waals surface area contributed by atoms with E-state index < -0.39 is 17.5 Å². The topological polar surface area (TPSA) is 125 Å². The monoisotopic (exact) mass is 445 g/mol. The molecule has 8 heteroatoms. The number of ketones is 1. The first-order valence-corrected chi connectivity index (χ1v) is 10.6. The zero-order valence-electron chi connectivity index (χ0n) is 18.7. The minimum Gasteiger partial charge on any atom is -0.508 e. The van der Waals surface area contributed by atoms with Crippen molar-refractivity contribution in [3.8, 4) is 23.0 Å². The summed E-state index contributed by atoms with van der Waals surface area (Å²) in [7, 11) is 0. The molecule has 0 fully saturated rings. The molecule has 32 heavy (non-hydrogen) atoms. The maximum atomic E-state index is 12.8. The number of phenols is 3. The lowest BCUT2D eigenvalue weighted by atomic mass is 10.0. The van der Waals surface area contributed by atoms with E-state index in [1.54, 1.807) is 12.1 Å². The van der Waals surface area contributed by atoms with Crippen LogP contribution in [0.2, 0.25) is 0 Å². The van der Waals surface area contributed by atoms with Gasteiger partial charge in [0.25, 0.3) is 0 Å². The lowest BCUT2D eigenvalue weighted by Gasteiger charge is -2.19. The van der Waals surface area contributed by atoms with Gasteiger partial charge in [0.05, 0.1) is 12.2 Å². The smallest absolute Gasteiger partial charge is 0.407 e. The van der Waals surface area contributed by atoms with Crippen molar-refractivity contribution in [1.82, 2.24) is 5.32 Å². The summed E-state index contributed by atoms with van der Waals surface area (Å²) in [5, 5.41) is 32.3. The van der Waals surface area contributed by atoms with Crippen molar-refractivity contribution in [3.63, 3.8) is 0 Å². The second kappa shape index (κ2) is 11.3. The molecule has 1 amide bonds. The maximum absolute atomic E-state index is 12.8. The van der Waals surface area contributed by atoms with Crippen LogP contribution in [0.3, 0.4) is 0 Å². The Morgan fingerprint density at radius 1 is 0.938 bits per heavy atom. The maximum Gasteiger partial charge on any atom is 0.407 e. The Bertz CT molecular complexity index is 934. The predicted molar refractivity (Wildman–Crippen MR) is 120 cm³/mol. The number of amides is 1. The quantitative estimate of drug-likeness (QED) is 0.313. The number of unbranched alkanes of at least 4 members (excludes halogenated alkanes) is 3. The fraction of sp³-hybridized carbons (Fsp3) is 0.417. The molecule has 0 saturated carbocycles. The van der Waals surface area contributed by atoms with E-state index in [2.05, 4.69) is 5.32 Å². The van der Waals surface area contributed by atoms with Gasteiger partial charge in [0.2, 0.25) is 5.78 Å². The number of hydrogen-bond donors (Lipinski definition) is 4. The summed E-state index contributed by atoms with van der Waals surface area (Å²) in [6.07, 6.45) is 2.83. The normalized spacial score (nSPS) is 11.1. The predicted octanol–water partition coefficient (Wildman–Crippen LogP) is 4.50. The largest absolute Gasteiger partial charge is 0.508 e. The summed E-state index contributed by atoms with van der Waals surface area (Å²) in [5.74, 6) is -1.20. The highest BCUT2D eigenvalue weighted by Gasteiger charge is 2.22. The number of ether oxygens (including phenoxy) is 2. The standard InChI is InChI=1S/C24H31NO7/c1-24(2,3)32-23(30)25-13-6-4-5-7-14-31-20-10-8-9-18(27)21(20)22(29)17-12-11-16(26)15-19(17)28/h8-12,15,26-28H,4-7,13-14H2,1-3H3,(H,25,30). The van der Waals surface area contributed by atoms with Crippen molar-refractivity contribution < 1.29 is 34.4 Å². The second-order valence-corrected chi connectivity index (χ2v) is 8.37. The minimum atomic E-state index is -0.608. The minimum absolute atomic E-state index is 0.0462. The highest BCUT2D eigenvalue weighted by Crippen LogP contribution is 2.33. The number of carbonyl (C=O) groups excluding carboxylic acids is 2. The first-order chi connectivity index (χ1) is 15.1. The van der Waals surface area contributed by atoms with Crippen LogP contribution >= 0.6 is 0 Å². The van der Waals surface area contributed by atoms with Crippen LogP contribution in [0, 0.1) is 0 Å². The van der Waals surface area contributed by atoms with Gasteiger partial charge in [-0.05, 0) is 57.9 Å². The number of hydrogen-bond acceptors (Lipinski definition) is 7. The van der Waals surface area contributed by atoms with Gasteiger partial charge in [-0.3, -0.25) is 4.79 Å². The molecule has 0 spiro atoms. The summed E-state index contributed by atoms with van der Waals surface area (Å²) in [6, 6.07) is 8.15. The van der Waals surface area contributed by atoms with E-state index in [-0.39, 0.29) is 34.1 Å². The van der Waals surface area contributed by atoms with Crippen molar-refractivity contribution in [1.29, 1.82) is 0 Å². The average Bonchev–Trinajstić information content (AvgIpc) is 2.68. The molecule has 0 aliphatic rings. The van der Waals surface area contributed by atoms with Gasteiger partial charge < -0.3 is 30.1 Å². The van der Waals surface area contributed by atoms with Gasteiger partial charge in [0.15, 0.2) is 0 Å². The van der Waals surface area contributed by atoms with Crippen LogP contribution in [0.25, 0.3) is 0 Å². The fourth-order valence-corrected chi connectivity index (χ4v) is 2.98. The highest BCUT2D eigenvalue weighted by molar-refractivity contribution is 6.14. The van der Waals surface area contributed by atoms with E-state index in [1.165, 1.54) is 18.2 Å². The molecule has 4 N–H and O–H groups in total. The Labute approximate surface area is 187 Å². The lowest BCUT2D eigenvalue weighted by molar-refractivity contribution is 0.0526. The Balaban J connectivity index is 1.81. The van der Waals surface area contributed by atoms with Crippen molar-refractivity contribution in [2.75, 3.05) is 13.2 Å². The molecule has 2 aromatic carbocycles. The number of phenolic OH excluding ortho intramolecular Hbond substituents is 3. The van der Waals surface area contributed by atoms with Crippen molar-refractivity contribution in [2.45, 2.75) is 52.1 Å². The Kier molecular flexibility index (Phi) is 8.75. The summed E-state index contributed by atoms with van der Waals surface area (Å²) in [6.45, 7) is 6.30. The molecule has 0 saturated heterocycles. The van der Waals surface area contributed by atoms with E-state index in [1.807, 2.05) is 20.8 Å². The molecule has 8 nitrogen and oxygen atoms in total. The Morgan fingerprint density at radius 2 is 1.66 bits per heavy atom. The molecule has 0 atom stereocenters. The Morgan fingerprint density at radius 3 is 2.34 bits per heavy atom. The van der Waals surface area contributed by atoms with Gasteiger partial charge in [-0.25, -0.2) is 4.79 Å². The summed E-state index contributed by atoms with van der Waals surface area (Å²) in [4.78, 5) is 24.4. The van der Waals surface area contributed by atoms with E-state index in [0.29, 0.717) is 13.2 Å². The molecule has 0 aromatic heterocycles. The first kappa shape index (κ1) is 24.8. The molecular weight excluding hydrogens is 414 g/mol. The number of nitrogens with one attached hydrogen (secondary N) is 1. The number of benzene rings is 2. The van der Waals surface area contributed by atoms with Crippen LogP contribution in [0.4, 0.5) is 4.79 Å².